The first-order chi connectivity index (χ1) is 11.1. The van der Waals surface area contributed by atoms with Gasteiger partial charge in [-0.3, -0.25) is 9.78 Å². The lowest BCUT2D eigenvalue weighted by Gasteiger charge is -2.14. The second-order valence-corrected chi connectivity index (χ2v) is 5.16. The first-order valence-corrected chi connectivity index (χ1v) is 7.41. The molecule has 1 N–H and O–H groups in total. The molecular weight excluding hydrogens is 294 g/mol. The quantitative estimate of drug-likeness (QED) is 0.788. The van der Waals surface area contributed by atoms with Crippen molar-refractivity contribution in [2.24, 2.45) is 0 Å². The van der Waals surface area contributed by atoms with Crippen LogP contribution in [0, 0.1) is 0 Å². The standard InChI is InChI=1S/C17H19N3O3/c1-13(7-8-14-5-3-2-4-6-14)20-16(21)12-23-17(22)15-11-18-9-10-19-15/h2-6,9-11,13H,7-8,12H2,1H3,(H,20,21)/t13-/m0/s1. The molecule has 0 saturated heterocycles. The highest BCUT2D eigenvalue weighted by Gasteiger charge is 2.13. The number of hydrogen-bond donors (Lipinski definition) is 1. The number of aryl methyl sites for hydroxylation is 1. The predicted octanol–water partition coefficient (Wildman–Crippen LogP) is 1.77. The molecule has 0 bridgehead atoms. The van der Waals surface area contributed by atoms with Gasteiger partial charge in [-0.15, -0.1) is 0 Å². The molecule has 0 fully saturated rings. The van der Waals surface area contributed by atoms with Crippen molar-refractivity contribution in [1.29, 1.82) is 0 Å². The van der Waals surface area contributed by atoms with Crippen molar-refractivity contribution in [2.45, 2.75) is 25.8 Å². The van der Waals surface area contributed by atoms with Gasteiger partial charge >= 0.3 is 5.97 Å². The number of carbonyl (C=O) groups excluding carboxylic acids is 2. The van der Waals surface area contributed by atoms with Crippen molar-refractivity contribution < 1.29 is 14.3 Å². The van der Waals surface area contributed by atoms with Gasteiger partial charge in [0.2, 0.25) is 0 Å². The topological polar surface area (TPSA) is 81.2 Å². The van der Waals surface area contributed by atoms with E-state index in [-0.39, 0.29) is 24.2 Å². The second-order valence-electron chi connectivity index (χ2n) is 5.16. The molecule has 0 saturated carbocycles. The van der Waals surface area contributed by atoms with Crippen molar-refractivity contribution in [3.63, 3.8) is 0 Å². The van der Waals surface area contributed by atoms with E-state index < -0.39 is 5.97 Å². The SMILES string of the molecule is C[C@@H](CCc1ccccc1)NC(=O)COC(=O)c1cnccn1. The Morgan fingerprint density at radius 1 is 1.22 bits per heavy atom. The molecular formula is C17H19N3O3. The summed E-state index contributed by atoms with van der Waals surface area (Å²) in [6.45, 7) is 1.59. The van der Waals surface area contributed by atoms with E-state index in [2.05, 4.69) is 27.4 Å². The van der Waals surface area contributed by atoms with Crippen LogP contribution in [0.3, 0.4) is 0 Å². The maximum Gasteiger partial charge on any atom is 0.359 e. The van der Waals surface area contributed by atoms with Gasteiger partial charge in [0.25, 0.3) is 5.91 Å². The molecule has 0 aliphatic heterocycles. The third-order valence-electron chi connectivity index (χ3n) is 3.22. The Morgan fingerprint density at radius 2 is 2.00 bits per heavy atom. The fourth-order valence-electron chi connectivity index (χ4n) is 2.03. The molecule has 1 heterocycles. The van der Waals surface area contributed by atoms with Gasteiger partial charge in [-0.1, -0.05) is 30.3 Å². The number of nitrogens with zero attached hydrogens (tertiary/aromatic N) is 2. The molecule has 1 amide bonds. The van der Waals surface area contributed by atoms with Crippen LogP contribution in [0.4, 0.5) is 0 Å². The molecule has 1 aromatic heterocycles. The summed E-state index contributed by atoms with van der Waals surface area (Å²) < 4.78 is 4.90. The van der Waals surface area contributed by atoms with Crippen LogP contribution in [-0.2, 0) is 16.0 Å². The van der Waals surface area contributed by atoms with Crippen molar-refractivity contribution in [1.82, 2.24) is 15.3 Å². The van der Waals surface area contributed by atoms with Crippen LogP contribution in [0.25, 0.3) is 0 Å². The van der Waals surface area contributed by atoms with Gasteiger partial charge in [0.1, 0.15) is 0 Å². The van der Waals surface area contributed by atoms with Crippen LogP contribution < -0.4 is 5.32 Å². The first kappa shape index (κ1) is 16.6. The van der Waals surface area contributed by atoms with Gasteiger partial charge in [-0.2, -0.15) is 0 Å². The Labute approximate surface area is 134 Å². The zero-order valence-corrected chi connectivity index (χ0v) is 12.9. The summed E-state index contributed by atoms with van der Waals surface area (Å²) in [6, 6.07) is 10.1. The molecule has 0 spiro atoms. The normalized spacial score (nSPS) is 11.5. The van der Waals surface area contributed by atoms with Gasteiger partial charge in [0, 0.05) is 18.4 Å². The van der Waals surface area contributed by atoms with E-state index >= 15 is 0 Å². The smallest absolute Gasteiger partial charge is 0.359 e. The third-order valence-corrected chi connectivity index (χ3v) is 3.22. The lowest BCUT2D eigenvalue weighted by atomic mass is 10.1. The number of hydrogen-bond acceptors (Lipinski definition) is 5. The number of rotatable bonds is 7. The summed E-state index contributed by atoms with van der Waals surface area (Å²) in [7, 11) is 0. The number of benzene rings is 1. The summed E-state index contributed by atoms with van der Waals surface area (Å²) >= 11 is 0. The van der Waals surface area contributed by atoms with Gasteiger partial charge in [0.15, 0.2) is 12.3 Å². The van der Waals surface area contributed by atoms with E-state index in [1.807, 2.05) is 25.1 Å². The summed E-state index contributed by atoms with van der Waals surface area (Å²) in [6.07, 6.45) is 5.83. The molecule has 1 atom stereocenters. The number of carbonyl (C=O) groups is 2. The van der Waals surface area contributed by atoms with Crippen LogP contribution in [0.5, 0.6) is 0 Å². The fourth-order valence-corrected chi connectivity index (χ4v) is 2.03. The molecule has 0 aliphatic carbocycles. The summed E-state index contributed by atoms with van der Waals surface area (Å²) in [5, 5.41) is 2.80. The van der Waals surface area contributed by atoms with Crippen LogP contribution in [-0.4, -0.2) is 34.5 Å². The van der Waals surface area contributed by atoms with Gasteiger partial charge in [-0.25, -0.2) is 9.78 Å². The lowest BCUT2D eigenvalue weighted by Crippen LogP contribution is -2.36. The molecule has 0 aliphatic rings. The van der Waals surface area contributed by atoms with E-state index in [4.69, 9.17) is 4.74 Å². The van der Waals surface area contributed by atoms with E-state index in [9.17, 15) is 9.59 Å². The fraction of sp³-hybridized carbons (Fsp3) is 0.294. The molecule has 23 heavy (non-hydrogen) atoms. The minimum absolute atomic E-state index is 0.00192. The maximum absolute atomic E-state index is 11.8. The highest BCUT2D eigenvalue weighted by atomic mass is 16.5. The molecule has 2 aromatic rings. The van der Waals surface area contributed by atoms with Crippen LogP contribution in [0.2, 0.25) is 0 Å². The third kappa shape index (κ3) is 5.86. The largest absolute Gasteiger partial charge is 0.451 e. The van der Waals surface area contributed by atoms with E-state index in [1.165, 1.54) is 24.2 Å². The number of esters is 1. The summed E-state index contributed by atoms with van der Waals surface area (Å²) in [5.41, 5.74) is 1.31. The second kappa shape index (κ2) is 8.63. The molecule has 120 valence electrons. The Balaban J connectivity index is 1.69. The number of nitrogens with one attached hydrogen (secondary N) is 1. The molecule has 6 nitrogen and oxygen atoms in total. The van der Waals surface area contributed by atoms with E-state index in [0.717, 1.165) is 12.8 Å². The number of ether oxygens (including phenoxy) is 1. The molecule has 2 rings (SSSR count). The monoisotopic (exact) mass is 313 g/mol. The minimum atomic E-state index is -0.662. The zero-order chi connectivity index (χ0) is 16.5. The molecule has 0 unspecified atom stereocenters. The van der Waals surface area contributed by atoms with E-state index in [0.29, 0.717) is 0 Å². The van der Waals surface area contributed by atoms with Crippen LogP contribution in [0.15, 0.2) is 48.9 Å². The predicted molar refractivity (Wildman–Crippen MR) is 84.7 cm³/mol. The Hall–Kier alpha value is -2.76. The number of aromatic nitrogens is 2. The minimum Gasteiger partial charge on any atom is -0.451 e. The first-order valence-electron chi connectivity index (χ1n) is 7.41. The highest BCUT2D eigenvalue weighted by Crippen LogP contribution is 2.04. The Bertz CT molecular complexity index is 632. The van der Waals surface area contributed by atoms with Crippen LogP contribution >= 0.6 is 0 Å². The van der Waals surface area contributed by atoms with E-state index in [1.54, 1.807) is 0 Å². The molecule has 0 radical (unpaired) electrons. The van der Waals surface area contributed by atoms with Gasteiger partial charge < -0.3 is 10.1 Å². The number of amides is 1. The van der Waals surface area contributed by atoms with Crippen molar-refractivity contribution in [3.05, 3.63) is 60.2 Å². The average molecular weight is 313 g/mol. The van der Waals surface area contributed by atoms with Crippen molar-refractivity contribution in [3.8, 4) is 0 Å². The van der Waals surface area contributed by atoms with Gasteiger partial charge in [0.05, 0.1) is 6.20 Å². The molecule has 6 heteroatoms. The summed E-state index contributed by atoms with van der Waals surface area (Å²) in [5.74, 6) is -0.993. The van der Waals surface area contributed by atoms with Crippen molar-refractivity contribution >= 4 is 11.9 Å². The Kier molecular flexibility index (Phi) is 6.23. The van der Waals surface area contributed by atoms with Crippen LogP contribution in [0.1, 0.15) is 29.4 Å². The molecule has 1 aromatic carbocycles. The lowest BCUT2D eigenvalue weighted by molar-refractivity contribution is -0.124. The highest BCUT2D eigenvalue weighted by molar-refractivity contribution is 5.89. The average Bonchev–Trinajstić information content (AvgIpc) is 2.59. The Morgan fingerprint density at radius 3 is 2.70 bits per heavy atom. The van der Waals surface area contributed by atoms with Crippen molar-refractivity contribution in [2.75, 3.05) is 6.61 Å². The van der Waals surface area contributed by atoms with Gasteiger partial charge in [-0.05, 0) is 25.3 Å². The summed E-state index contributed by atoms with van der Waals surface area (Å²) in [4.78, 5) is 31.0. The maximum atomic E-state index is 11.8. The zero-order valence-electron chi connectivity index (χ0n) is 12.9.